The maximum atomic E-state index is 12.8. The van der Waals surface area contributed by atoms with Gasteiger partial charge >= 0.3 is 0 Å². The van der Waals surface area contributed by atoms with Crippen LogP contribution in [0.2, 0.25) is 0 Å². The van der Waals surface area contributed by atoms with E-state index in [1.165, 1.54) is 11.8 Å². The maximum Gasteiger partial charge on any atom is 0.274 e. The molecule has 154 valence electrons. The number of likely N-dealkylation sites (tertiary alicyclic amines) is 1. The minimum absolute atomic E-state index is 0.00526. The van der Waals surface area contributed by atoms with E-state index in [0.29, 0.717) is 50.7 Å². The van der Waals surface area contributed by atoms with E-state index in [-0.39, 0.29) is 11.3 Å². The van der Waals surface area contributed by atoms with Crippen molar-refractivity contribution < 1.29 is 14.3 Å². The van der Waals surface area contributed by atoms with Gasteiger partial charge in [0.1, 0.15) is 11.5 Å². The largest absolute Gasteiger partial charge is 0.347 e. The molecule has 1 N–H and O–H groups in total. The van der Waals surface area contributed by atoms with Crippen LogP contribution in [0.5, 0.6) is 0 Å². The molecule has 0 radical (unpaired) electrons. The van der Waals surface area contributed by atoms with Crippen molar-refractivity contribution in [1.29, 1.82) is 0 Å². The lowest BCUT2D eigenvalue weighted by molar-refractivity contribution is -0.181. The second kappa shape index (κ2) is 7.72. The zero-order valence-corrected chi connectivity index (χ0v) is 17.3. The standard InChI is InChI=1S/C22H28N4O3/c1-21(2,3)16-6-4-5-7-17(16)25-19-15-23-18(14-24-19)20(27)26-10-8-22(9-11-26)28-12-13-29-22/h4-7,14-15H,8-13H2,1-3H3,(H,24,25). The average Bonchev–Trinajstić information content (AvgIpc) is 3.16. The number of benzene rings is 1. The van der Waals surface area contributed by atoms with E-state index >= 15 is 0 Å². The van der Waals surface area contributed by atoms with Gasteiger partial charge in [0.15, 0.2) is 5.79 Å². The number of aromatic nitrogens is 2. The molecule has 0 aliphatic carbocycles. The number of rotatable bonds is 3. The summed E-state index contributed by atoms with van der Waals surface area (Å²) < 4.78 is 11.4. The molecule has 2 aliphatic heterocycles. The lowest BCUT2D eigenvalue weighted by Crippen LogP contribution is -2.47. The molecular formula is C22H28N4O3. The second-order valence-electron chi connectivity index (χ2n) is 8.61. The zero-order valence-electron chi connectivity index (χ0n) is 17.3. The molecule has 29 heavy (non-hydrogen) atoms. The Balaban J connectivity index is 1.42. The van der Waals surface area contributed by atoms with E-state index in [1.54, 1.807) is 11.1 Å². The molecule has 1 aromatic carbocycles. The molecule has 2 fully saturated rings. The van der Waals surface area contributed by atoms with Gasteiger partial charge in [0.25, 0.3) is 5.91 Å². The maximum absolute atomic E-state index is 12.8. The van der Waals surface area contributed by atoms with E-state index < -0.39 is 5.79 Å². The van der Waals surface area contributed by atoms with Gasteiger partial charge in [-0.25, -0.2) is 9.97 Å². The summed E-state index contributed by atoms with van der Waals surface area (Å²) in [5.74, 6) is 0.0204. The molecule has 2 aromatic rings. The number of hydrogen-bond acceptors (Lipinski definition) is 6. The number of piperidine rings is 1. The number of amides is 1. The van der Waals surface area contributed by atoms with Crippen LogP contribution in [0, 0.1) is 0 Å². The summed E-state index contributed by atoms with van der Waals surface area (Å²) in [5.41, 5.74) is 2.54. The topological polar surface area (TPSA) is 76.6 Å². The third kappa shape index (κ3) is 4.26. The summed E-state index contributed by atoms with van der Waals surface area (Å²) in [6.07, 6.45) is 4.53. The Morgan fingerprint density at radius 3 is 2.38 bits per heavy atom. The minimum Gasteiger partial charge on any atom is -0.347 e. The Hall–Kier alpha value is -2.51. The number of carbonyl (C=O) groups is 1. The van der Waals surface area contributed by atoms with E-state index in [4.69, 9.17) is 9.47 Å². The first-order chi connectivity index (χ1) is 13.9. The van der Waals surface area contributed by atoms with Gasteiger partial charge in [0.05, 0.1) is 25.6 Å². The van der Waals surface area contributed by atoms with Gasteiger partial charge in [-0.1, -0.05) is 39.0 Å². The van der Waals surface area contributed by atoms with Crippen molar-refractivity contribution in [2.45, 2.75) is 44.8 Å². The van der Waals surface area contributed by atoms with Crippen LogP contribution in [0.4, 0.5) is 11.5 Å². The smallest absolute Gasteiger partial charge is 0.274 e. The molecule has 4 rings (SSSR count). The first-order valence-corrected chi connectivity index (χ1v) is 10.1. The number of nitrogens with one attached hydrogen (secondary N) is 1. The quantitative estimate of drug-likeness (QED) is 0.856. The molecule has 7 heteroatoms. The monoisotopic (exact) mass is 396 g/mol. The Morgan fingerprint density at radius 1 is 1.07 bits per heavy atom. The van der Waals surface area contributed by atoms with Gasteiger partial charge in [-0.3, -0.25) is 4.79 Å². The number of hydrogen-bond donors (Lipinski definition) is 1. The minimum atomic E-state index is -0.489. The van der Waals surface area contributed by atoms with Crippen LogP contribution in [-0.4, -0.2) is 52.9 Å². The van der Waals surface area contributed by atoms with Crippen molar-refractivity contribution >= 4 is 17.4 Å². The molecule has 1 aromatic heterocycles. The van der Waals surface area contributed by atoms with Gasteiger partial charge in [-0.2, -0.15) is 0 Å². The van der Waals surface area contributed by atoms with Crippen LogP contribution in [0.3, 0.4) is 0 Å². The summed E-state index contributed by atoms with van der Waals surface area (Å²) in [4.78, 5) is 23.3. The molecule has 0 saturated carbocycles. The van der Waals surface area contributed by atoms with Crippen LogP contribution >= 0.6 is 0 Å². The highest BCUT2D eigenvalue weighted by Gasteiger charge is 2.41. The summed E-state index contributed by atoms with van der Waals surface area (Å²) in [7, 11) is 0. The van der Waals surface area contributed by atoms with E-state index in [0.717, 1.165) is 5.69 Å². The molecule has 1 amide bonds. The van der Waals surface area contributed by atoms with Crippen LogP contribution in [-0.2, 0) is 14.9 Å². The summed E-state index contributed by atoms with van der Waals surface area (Å²) in [6.45, 7) is 8.97. The van der Waals surface area contributed by atoms with Gasteiger partial charge in [0.2, 0.25) is 0 Å². The first kappa shape index (κ1) is 19.8. The van der Waals surface area contributed by atoms with Gasteiger partial charge in [-0.05, 0) is 17.0 Å². The fourth-order valence-electron chi connectivity index (χ4n) is 3.89. The fourth-order valence-corrected chi connectivity index (χ4v) is 3.89. The molecular weight excluding hydrogens is 368 g/mol. The van der Waals surface area contributed by atoms with Crippen molar-refractivity contribution in [3.8, 4) is 0 Å². The lowest BCUT2D eigenvalue weighted by atomic mass is 9.86. The number of ether oxygens (including phenoxy) is 2. The van der Waals surface area contributed by atoms with Crippen LogP contribution in [0.15, 0.2) is 36.7 Å². The first-order valence-electron chi connectivity index (χ1n) is 10.1. The van der Waals surface area contributed by atoms with Gasteiger partial charge < -0.3 is 19.7 Å². The van der Waals surface area contributed by atoms with Crippen LogP contribution < -0.4 is 5.32 Å². The number of nitrogens with zero attached hydrogens (tertiary/aromatic N) is 3. The van der Waals surface area contributed by atoms with Crippen molar-refractivity contribution in [1.82, 2.24) is 14.9 Å². The normalized spacial score (nSPS) is 18.8. The average molecular weight is 396 g/mol. The molecule has 0 atom stereocenters. The Morgan fingerprint density at radius 2 is 1.76 bits per heavy atom. The van der Waals surface area contributed by atoms with Crippen molar-refractivity contribution in [2.24, 2.45) is 0 Å². The molecule has 0 unspecified atom stereocenters. The number of para-hydroxylation sites is 1. The van der Waals surface area contributed by atoms with E-state index in [9.17, 15) is 4.79 Å². The Labute approximate surface area is 171 Å². The predicted octanol–water partition coefficient (Wildman–Crippen LogP) is 3.50. The molecule has 2 saturated heterocycles. The third-order valence-electron chi connectivity index (χ3n) is 5.49. The van der Waals surface area contributed by atoms with E-state index in [2.05, 4.69) is 42.1 Å². The van der Waals surface area contributed by atoms with E-state index in [1.807, 2.05) is 18.2 Å². The third-order valence-corrected chi connectivity index (χ3v) is 5.49. The molecule has 3 heterocycles. The van der Waals surface area contributed by atoms with Crippen molar-refractivity contribution in [2.75, 3.05) is 31.6 Å². The molecule has 2 aliphatic rings. The summed E-state index contributed by atoms with van der Waals surface area (Å²) >= 11 is 0. The zero-order chi connectivity index (χ0) is 20.5. The highest BCUT2D eigenvalue weighted by Crippen LogP contribution is 2.32. The van der Waals surface area contributed by atoms with Crippen molar-refractivity contribution in [3.63, 3.8) is 0 Å². The fraction of sp³-hybridized carbons (Fsp3) is 0.500. The van der Waals surface area contributed by atoms with Gasteiger partial charge in [0, 0.05) is 31.6 Å². The Kier molecular flexibility index (Phi) is 5.27. The van der Waals surface area contributed by atoms with Crippen LogP contribution in [0.1, 0.15) is 49.7 Å². The SMILES string of the molecule is CC(C)(C)c1ccccc1Nc1cnc(C(=O)N2CCC3(CC2)OCCO3)cn1. The Bertz CT molecular complexity index is 860. The summed E-state index contributed by atoms with van der Waals surface area (Å²) in [6, 6.07) is 8.15. The highest BCUT2D eigenvalue weighted by molar-refractivity contribution is 5.92. The predicted molar refractivity (Wildman–Crippen MR) is 110 cm³/mol. The molecule has 7 nitrogen and oxygen atoms in total. The number of anilines is 2. The molecule has 1 spiro atoms. The van der Waals surface area contributed by atoms with Crippen molar-refractivity contribution in [3.05, 3.63) is 47.9 Å². The number of carbonyl (C=O) groups excluding carboxylic acids is 1. The van der Waals surface area contributed by atoms with Crippen LogP contribution in [0.25, 0.3) is 0 Å². The van der Waals surface area contributed by atoms with Gasteiger partial charge in [-0.15, -0.1) is 0 Å². The molecule has 0 bridgehead atoms. The second-order valence-corrected chi connectivity index (χ2v) is 8.61. The summed E-state index contributed by atoms with van der Waals surface area (Å²) in [5, 5.41) is 3.33. The highest BCUT2D eigenvalue weighted by atomic mass is 16.7. The lowest BCUT2D eigenvalue weighted by Gasteiger charge is -2.37.